The standard InChI is InChI=1S/C46H64O/c1-40(2,3)31-22-32(41(4,5)6)26-37(25-31)46(20-19-21-47,38-27-33(42(7,8)9)23-34(28-38)43(10,11)12)39-29-35(44(13,14)15)24-36(30-39)45(16,17)18/h21-30H,1-18H3. The number of hydrogen-bond donors (Lipinski definition) is 0. The zero-order valence-corrected chi connectivity index (χ0v) is 33.2. The SMILES string of the molecule is CC(C)(C)c1cc(C(C)(C)C)cc(C(C#CC=O)(c2cc(C(C)(C)C)cc(C(C)(C)C)c2)c2cc(C(C)(C)C)cc(C(C)(C)C)c2)c1. The molecule has 0 saturated carbocycles. The summed E-state index contributed by atoms with van der Waals surface area (Å²) in [5.41, 5.74) is 9.49. The molecule has 0 radical (unpaired) electrons. The van der Waals surface area contributed by atoms with E-state index in [1.807, 2.05) is 0 Å². The molecule has 3 rings (SSSR count). The Morgan fingerprint density at radius 3 is 0.660 bits per heavy atom. The van der Waals surface area contributed by atoms with E-state index in [4.69, 9.17) is 0 Å². The van der Waals surface area contributed by atoms with E-state index in [0.717, 1.165) is 23.0 Å². The molecule has 1 heteroatoms. The van der Waals surface area contributed by atoms with Crippen molar-refractivity contribution in [1.29, 1.82) is 0 Å². The van der Waals surface area contributed by atoms with Crippen LogP contribution in [-0.2, 0) is 42.7 Å². The Labute approximate surface area is 289 Å². The van der Waals surface area contributed by atoms with Gasteiger partial charge in [-0.3, -0.25) is 4.79 Å². The smallest absolute Gasteiger partial charge is 0.192 e. The highest BCUT2D eigenvalue weighted by atomic mass is 16.1. The lowest BCUT2D eigenvalue weighted by Gasteiger charge is -2.38. The van der Waals surface area contributed by atoms with Gasteiger partial charge in [0.2, 0.25) is 0 Å². The molecule has 0 aliphatic heterocycles. The third kappa shape index (κ3) is 8.49. The summed E-state index contributed by atoms with van der Waals surface area (Å²) in [6.45, 7) is 41.1. The van der Waals surface area contributed by atoms with Gasteiger partial charge < -0.3 is 0 Å². The van der Waals surface area contributed by atoms with E-state index >= 15 is 0 Å². The molecular formula is C46H64O. The zero-order valence-electron chi connectivity index (χ0n) is 33.2. The predicted octanol–water partition coefficient (Wildman–Crippen LogP) is 12.0. The van der Waals surface area contributed by atoms with Gasteiger partial charge in [-0.25, -0.2) is 0 Å². The summed E-state index contributed by atoms with van der Waals surface area (Å²) >= 11 is 0. The van der Waals surface area contributed by atoms with Crippen LogP contribution in [0.1, 0.15) is 175 Å². The Morgan fingerprint density at radius 2 is 0.511 bits per heavy atom. The molecule has 0 aliphatic carbocycles. The van der Waals surface area contributed by atoms with Crippen molar-refractivity contribution >= 4 is 6.29 Å². The van der Waals surface area contributed by atoms with Gasteiger partial charge in [-0.05, 0) is 88.5 Å². The average Bonchev–Trinajstić information content (AvgIpc) is 2.90. The first-order chi connectivity index (χ1) is 21.0. The van der Waals surface area contributed by atoms with Crippen molar-refractivity contribution in [3.05, 3.63) is 105 Å². The van der Waals surface area contributed by atoms with Crippen LogP contribution < -0.4 is 0 Å². The fraction of sp³-hybridized carbons (Fsp3) is 0.543. The number of hydrogen-bond acceptors (Lipinski definition) is 1. The third-order valence-electron chi connectivity index (χ3n) is 9.61. The van der Waals surface area contributed by atoms with Gasteiger partial charge in [0.25, 0.3) is 0 Å². The fourth-order valence-electron chi connectivity index (χ4n) is 5.98. The molecule has 0 spiro atoms. The first kappa shape index (κ1) is 38.3. The van der Waals surface area contributed by atoms with E-state index in [0.29, 0.717) is 0 Å². The molecule has 0 aromatic heterocycles. The van der Waals surface area contributed by atoms with Gasteiger partial charge in [0.1, 0.15) is 5.41 Å². The maximum Gasteiger partial charge on any atom is 0.192 e. The summed E-state index contributed by atoms with van der Waals surface area (Å²) in [5.74, 6) is 6.69. The van der Waals surface area contributed by atoms with E-state index < -0.39 is 5.41 Å². The van der Waals surface area contributed by atoms with Crippen LogP contribution in [0, 0.1) is 11.8 Å². The minimum atomic E-state index is -0.912. The van der Waals surface area contributed by atoms with Gasteiger partial charge in [0, 0.05) is 0 Å². The van der Waals surface area contributed by atoms with Crippen molar-refractivity contribution in [1.82, 2.24) is 0 Å². The van der Waals surface area contributed by atoms with Crippen LogP contribution in [0.15, 0.2) is 54.6 Å². The predicted molar refractivity (Wildman–Crippen MR) is 205 cm³/mol. The summed E-state index contributed by atoms with van der Waals surface area (Å²) in [6.07, 6.45) is 0.767. The van der Waals surface area contributed by atoms with Crippen molar-refractivity contribution in [2.75, 3.05) is 0 Å². The first-order valence-electron chi connectivity index (χ1n) is 17.5. The second kappa shape index (κ2) is 12.4. The third-order valence-corrected chi connectivity index (χ3v) is 9.61. The molecule has 0 fully saturated rings. The van der Waals surface area contributed by atoms with Crippen molar-refractivity contribution < 1.29 is 4.79 Å². The molecule has 0 aliphatic rings. The lowest BCUT2D eigenvalue weighted by atomic mass is 9.64. The highest BCUT2D eigenvalue weighted by Gasteiger charge is 2.40. The van der Waals surface area contributed by atoms with Crippen LogP contribution in [0.25, 0.3) is 0 Å². The Kier molecular flexibility index (Phi) is 10.1. The summed E-state index contributed by atoms with van der Waals surface area (Å²) in [4.78, 5) is 12.3. The topological polar surface area (TPSA) is 17.1 Å². The minimum Gasteiger partial charge on any atom is -0.289 e. The summed E-state index contributed by atoms with van der Waals surface area (Å²) in [6, 6.07) is 21.3. The number of aldehydes is 1. The molecule has 0 amide bonds. The molecule has 3 aromatic rings. The van der Waals surface area contributed by atoms with Crippen molar-refractivity contribution in [2.45, 2.75) is 163 Å². The molecule has 0 N–H and O–H groups in total. The molecule has 47 heavy (non-hydrogen) atoms. The van der Waals surface area contributed by atoms with E-state index in [1.165, 1.54) is 33.4 Å². The van der Waals surface area contributed by atoms with Crippen LogP contribution >= 0.6 is 0 Å². The van der Waals surface area contributed by atoms with Crippen molar-refractivity contribution in [2.24, 2.45) is 0 Å². The second-order valence-corrected chi connectivity index (χ2v) is 20.0. The molecule has 0 atom stereocenters. The Balaban J connectivity index is 2.84. The summed E-state index contributed by atoms with van der Waals surface area (Å²) in [5, 5.41) is 0. The molecule has 254 valence electrons. The number of carbonyl (C=O) groups is 1. The fourth-order valence-corrected chi connectivity index (χ4v) is 5.98. The summed E-state index contributed by atoms with van der Waals surface area (Å²) < 4.78 is 0. The highest BCUT2D eigenvalue weighted by molar-refractivity contribution is 5.76. The molecule has 0 saturated heterocycles. The van der Waals surface area contributed by atoms with Gasteiger partial charge in [-0.15, -0.1) is 0 Å². The molecule has 0 heterocycles. The Bertz CT molecular complexity index is 1400. The normalized spacial score (nSPS) is 13.7. The quantitative estimate of drug-likeness (QED) is 0.159. The van der Waals surface area contributed by atoms with Gasteiger partial charge in [-0.2, -0.15) is 0 Å². The van der Waals surface area contributed by atoms with Gasteiger partial charge in [0.15, 0.2) is 6.29 Å². The monoisotopic (exact) mass is 632 g/mol. The molecule has 1 nitrogen and oxygen atoms in total. The number of benzene rings is 3. The second-order valence-electron chi connectivity index (χ2n) is 20.0. The minimum absolute atomic E-state index is 0.0898. The van der Waals surface area contributed by atoms with Crippen molar-refractivity contribution in [3.8, 4) is 11.8 Å². The summed E-state index contributed by atoms with van der Waals surface area (Å²) in [7, 11) is 0. The number of carbonyl (C=O) groups excluding carboxylic acids is 1. The first-order valence-corrected chi connectivity index (χ1v) is 17.5. The lowest BCUT2D eigenvalue weighted by molar-refractivity contribution is -0.103. The lowest BCUT2D eigenvalue weighted by Crippen LogP contribution is -2.32. The van der Waals surface area contributed by atoms with Crippen LogP contribution in [0.3, 0.4) is 0 Å². The van der Waals surface area contributed by atoms with Crippen LogP contribution in [-0.4, -0.2) is 6.29 Å². The maximum atomic E-state index is 12.3. The van der Waals surface area contributed by atoms with Crippen LogP contribution in [0.2, 0.25) is 0 Å². The zero-order chi connectivity index (χ0) is 36.2. The van der Waals surface area contributed by atoms with E-state index in [-0.39, 0.29) is 32.5 Å². The van der Waals surface area contributed by atoms with Gasteiger partial charge in [0.05, 0.1) is 0 Å². The van der Waals surface area contributed by atoms with E-state index in [1.54, 1.807) is 0 Å². The average molecular weight is 633 g/mol. The molecule has 3 aromatic carbocycles. The van der Waals surface area contributed by atoms with E-state index in [9.17, 15) is 4.79 Å². The Hall–Kier alpha value is -3.11. The van der Waals surface area contributed by atoms with Gasteiger partial charge in [-0.1, -0.05) is 185 Å². The van der Waals surface area contributed by atoms with Crippen molar-refractivity contribution in [3.63, 3.8) is 0 Å². The Morgan fingerprint density at radius 1 is 0.340 bits per heavy atom. The largest absolute Gasteiger partial charge is 0.289 e. The molecule has 0 unspecified atom stereocenters. The number of rotatable bonds is 3. The molecular weight excluding hydrogens is 569 g/mol. The highest BCUT2D eigenvalue weighted by Crippen LogP contribution is 2.46. The van der Waals surface area contributed by atoms with Gasteiger partial charge >= 0.3 is 0 Å². The van der Waals surface area contributed by atoms with Crippen LogP contribution in [0.5, 0.6) is 0 Å². The molecule has 0 bridgehead atoms. The van der Waals surface area contributed by atoms with E-state index in [2.05, 4.69) is 191 Å². The maximum absolute atomic E-state index is 12.3. The van der Waals surface area contributed by atoms with Crippen LogP contribution in [0.4, 0.5) is 0 Å².